The summed E-state index contributed by atoms with van der Waals surface area (Å²) in [7, 11) is 0. The molecule has 20 heavy (non-hydrogen) atoms. The minimum absolute atomic E-state index is 0.212. The summed E-state index contributed by atoms with van der Waals surface area (Å²) in [5, 5.41) is 11.1. The van der Waals surface area contributed by atoms with Crippen LogP contribution in [0.5, 0.6) is 0 Å². The second kappa shape index (κ2) is 5.01. The Morgan fingerprint density at radius 1 is 1.40 bits per heavy atom. The minimum atomic E-state index is -0.511. The third-order valence-corrected chi connectivity index (χ3v) is 3.85. The Bertz CT molecular complexity index is 844. The van der Waals surface area contributed by atoms with E-state index < -0.39 is 5.63 Å². The highest BCUT2D eigenvalue weighted by molar-refractivity contribution is 7.21. The number of thiazole rings is 1. The zero-order valence-corrected chi connectivity index (χ0v) is 11.8. The van der Waals surface area contributed by atoms with E-state index in [0.717, 1.165) is 15.8 Å². The van der Waals surface area contributed by atoms with Crippen LogP contribution in [0.1, 0.15) is 18.2 Å². The van der Waals surface area contributed by atoms with Crippen molar-refractivity contribution in [3.05, 3.63) is 39.9 Å². The molecule has 0 saturated carbocycles. The SMILES string of the molecule is CCc1[nH]oc(=O)c1N=Nc1nc2c(C)cccc2s1. The molecule has 0 radical (unpaired) electrons. The Morgan fingerprint density at radius 2 is 2.25 bits per heavy atom. The Balaban J connectivity index is 2.00. The number of hydrogen-bond donors (Lipinski definition) is 1. The number of azo groups is 1. The average molecular weight is 288 g/mol. The Labute approximate surface area is 118 Å². The van der Waals surface area contributed by atoms with Gasteiger partial charge >= 0.3 is 5.63 Å². The molecule has 0 fully saturated rings. The number of para-hydroxylation sites is 1. The number of nitrogens with zero attached hydrogens (tertiary/aromatic N) is 3. The van der Waals surface area contributed by atoms with Crippen molar-refractivity contribution in [2.75, 3.05) is 0 Å². The molecule has 0 aliphatic carbocycles. The highest BCUT2D eigenvalue weighted by atomic mass is 32.1. The smallest absolute Gasteiger partial charge is 0.336 e. The van der Waals surface area contributed by atoms with Crippen molar-refractivity contribution in [2.45, 2.75) is 20.3 Å². The molecule has 3 rings (SSSR count). The number of benzene rings is 1. The van der Waals surface area contributed by atoms with Gasteiger partial charge in [0.25, 0.3) is 0 Å². The summed E-state index contributed by atoms with van der Waals surface area (Å²) in [6.45, 7) is 3.90. The number of fused-ring (bicyclic) bond motifs is 1. The van der Waals surface area contributed by atoms with Gasteiger partial charge in [0.05, 0.1) is 15.9 Å². The van der Waals surface area contributed by atoms with Crippen molar-refractivity contribution in [2.24, 2.45) is 10.2 Å². The van der Waals surface area contributed by atoms with Gasteiger partial charge in [0.1, 0.15) is 0 Å². The second-order valence-corrected chi connectivity index (χ2v) is 5.30. The maximum atomic E-state index is 11.5. The average Bonchev–Trinajstić information content (AvgIpc) is 3.00. The quantitative estimate of drug-likeness (QED) is 0.742. The second-order valence-electron chi connectivity index (χ2n) is 4.29. The van der Waals surface area contributed by atoms with Gasteiger partial charge in [-0.15, -0.1) is 10.2 Å². The zero-order chi connectivity index (χ0) is 14.1. The van der Waals surface area contributed by atoms with Crippen LogP contribution >= 0.6 is 11.3 Å². The number of aryl methyl sites for hydroxylation is 2. The zero-order valence-electron chi connectivity index (χ0n) is 11.0. The lowest BCUT2D eigenvalue weighted by Crippen LogP contribution is -1.90. The Kier molecular flexibility index (Phi) is 3.19. The van der Waals surface area contributed by atoms with E-state index in [4.69, 9.17) is 4.52 Å². The van der Waals surface area contributed by atoms with Crippen molar-refractivity contribution in [3.8, 4) is 0 Å². The Morgan fingerprint density at radius 3 is 3.00 bits per heavy atom. The molecule has 1 N–H and O–H groups in total. The van der Waals surface area contributed by atoms with Gasteiger partial charge in [-0.1, -0.05) is 30.4 Å². The first-order valence-electron chi connectivity index (χ1n) is 6.17. The largest absolute Gasteiger partial charge is 0.384 e. The summed E-state index contributed by atoms with van der Waals surface area (Å²) in [5.74, 6) is 0. The fourth-order valence-corrected chi connectivity index (χ4v) is 2.74. The molecule has 0 amide bonds. The van der Waals surface area contributed by atoms with Crippen LogP contribution in [0.4, 0.5) is 10.8 Å². The van der Waals surface area contributed by atoms with E-state index in [-0.39, 0.29) is 5.69 Å². The molecule has 1 aromatic carbocycles. The van der Waals surface area contributed by atoms with Gasteiger partial charge in [0.15, 0.2) is 5.69 Å². The molecular weight excluding hydrogens is 276 g/mol. The van der Waals surface area contributed by atoms with E-state index in [1.807, 2.05) is 32.0 Å². The van der Waals surface area contributed by atoms with Crippen molar-refractivity contribution in [1.29, 1.82) is 0 Å². The monoisotopic (exact) mass is 288 g/mol. The molecule has 2 heterocycles. The summed E-state index contributed by atoms with van der Waals surface area (Å²) in [4.78, 5) is 15.9. The van der Waals surface area contributed by atoms with Gasteiger partial charge in [-0.3, -0.25) is 0 Å². The number of rotatable bonds is 3. The molecule has 7 heteroatoms. The first kappa shape index (κ1) is 12.7. The van der Waals surface area contributed by atoms with E-state index in [1.165, 1.54) is 11.3 Å². The van der Waals surface area contributed by atoms with Crippen molar-refractivity contribution in [3.63, 3.8) is 0 Å². The molecule has 6 nitrogen and oxygen atoms in total. The van der Waals surface area contributed by atoms with Crippen LogP contribution in [0, 0.1) is 6.92 Å². The van der Waals surface area contributed by atoms with Gasteiger partial charge in [-0.25, -0.2) is 14.9 Å². The molecule has 102 valence electrons. The summed E-state index contributed by atoms with van der Waals surface area (Å²) >= 11 is 1.44. The lowest BCUT2D eigenvalue weighted by molar-refractivity contribution is 0.386. The highest BCUT2D eigenvalue weighted by Crippen LogP contribution is 2.30. The van der Waals surface area contributed by atoms with Gasteiger partial charge < -0.3 is 4.52 Å². The van der Waals surface area contributed by atoms with Gasteiger partial charge in [-0.2, -0.15) is 0 Å². The van der Waals surface area contributed by atoms with Gasteiger partial charge in [0.2, 0.25) is 5.13 Å². The standard InChI is InChI=1S/C13H12N4O2S/c1-3-8-11(12(18)19-17-8)15-16-13-14-10-7(2)5-4-6-9(10)20-13/h4-6,17H,3H2,1-2H3. The molecule has 0 aliphatic heterocycles. The molecule has 0 unspecified atom stereocenters. The third kappa shape index (κ3) is 2.16. The maximum absolute atomic E-state index is 11.5. The summed E-state index contributed by atoms with van der Waals surface area (Å²) in [6.07, 6.45) is 0.624. The molecule has 0 aliphatic rings. The number of nitrogens with one attached hydrogen (secondary N) is 1. The fraction of sp³-hybridized carbons (Fsp3) is 0.231. The molecule has 2 aromatic heterocycles. The summed E-state index contributed by atoms with van der Waals surface area (Å²) in [6, 6.07) is 5.97. The normalized spacial score (nSPS) is 11.7. The van der Waals surface area contributed by atoms with Crippen LogP contribution in [0.15, 0.2) is 37.7 Å². The van der Waals surface area contributed by atoms with E-state index >= 15 is 0 Å². The molecular formula is C13H12N4O2S. The highest BCUT2D eigenvalue weighted by Gasteiger charge is 2.10. The van der Waals surface area contributed by atoms with Crippen LogP contribution in [0.3, 0.4) is 0 Å². The number of aromatic amines is 1. The van der Waals surface area contributed by atoms with Crippen molar-refractivity contribution in [1.82, 2.24) is 10.1 Å². The predicted octanol–water partition coefficient (Wildman–Crippen LogP) is 3.86. The van der Waals surface area contributed by atoms with Gasteiger partial charge in [-0.05, 0) is 25.0 Å². The fourth-order valence-electron chi connectivity index (χ4n) is 1.88. The molecule has 0 atom stereocenters. The topological polar surface area (TPSA) is 83.6 Å². The Hall–Kier alpha value is -2.28. The van der Waals surface area contributed by atoms with Crippen LogP contribution < -0.4 is 5.63 Å². The lowest BCUT2D eigenvalue weighted by atomic mass is 10.2. The summed E-state index contributed by atoms with van der Waals surface area (Å²) < 4.78 is 5.75. The van der Waals surface area contributed by atoms with E-state index in [9.17, 15) is 4.79 Å². The maximum Gasteiger partial charge on any atom is 0.384 e. The summed E-state index contributed by atoms with van der Waals surface area (Å²) in [5.41, 5.74) is 2.35. The lowest BCUT2D eigenvalue weighted by Gasteiger charge is -1.90. The van der Waals surface area contributed by atoms with E-state index in [2.05, 4.69) is 20.4 Å². The van der Waals surface area contributed by atoms with Crippen molar-refractivity contribution >= 4 is 32.4 Å². The number of hydrogen-bond acceptors (Lipinski definition) is 6. The van der Waals surface area contributed by atoms with Crippen molar-refractivity contribution < 1.29 is 4.52 Å². The first-order chi connectivity index (χ1) is 9.69. The number of H-pyrrole nitrogens is 1. The van der Waals surface area contributed by atoms with E-state index in [1.54, 1.807) is 0 Å². The predicted molar refractivity (Wildman–Crippen MR) is 77.2 cm³/mol. The molecule has 0 spiro atoms. The molecule has 0 saturated heterocycles. The van der Waals surface area contributed by atoms with Crippen LogP contribution in [-0.2, 0) is 6.42 Å². The van der Waals surface area contributed by atoms with E-state index in [0.29, 0.717) is 17.2 Å². The number of aromatic nitrogens is 2. The van der Waals surface area contributed by atoms with Crippen LogP contribution in [0.25, 0.3) is 10.2 Å². The third-order valence-electron chi connectivity index (χ3n) is 2.94. The van der Waals surface area contributed by atoms with Crippen LogP contribution in [0.2, 0.25) is 0 Å². The molecule has 0 bridgehead atoms. The van der Waals surface area contributed by atoms with Crippen LogP contribution in [-0.4, -0.2) is 10.1 Å². The molecule has 3 aromatic rings. The minimum Gasteiger partial charge on any atom is -0.336 e. The van der Waals surface area contributed by atoms with Gasteiger partial charge in [0, 0.05) is 0 Å². The first-order valence-corrected chi connectivity index (χ1v) is 6.99.